The summed E-state index contributed by atoms with van der Waals surface area (Å²) in [5, 5.41) is 7.93. The van der Waals surface area contributed by atoms with E-state index in [9.17, 15) is 0 Å². The summed E-state index contributed by atoms with van der Waals surface area (Å²) in [5.41, 5.74) is 7.50. The Balaban J connectivity index is 1.58. The highest BCUT2D eigenvalue weighted by Gasteiger charge is 2.41. The fourth-order valence-electron chi connectivity index (χ4n) is 6.43. The number of nitrogens with zero attached hydrogens (tertiary/aromatic N) is 2. The third kappa shape index (κ3) is 2.49. The standard InChI is InChI=1S/C35H21N2S/c1-2-12-22(13-3-1)33-26-17-7-10-20-29(26)36(33)37-28-19-9-6-16-25(28)31-23-14-4-5-15-24(23)32-27-18-8-11-21-30(27)38-35(32)34(31)37/h1-21H/q+1. The van der Waals surface area contributed by atoms with E-state index in [2.05, 4.69) is 137 Å². The monoisotopic (exact) mass is 501 g/mol. The van der Waals surface area contributed by atoms with Gasteiger partial charge in [-0.05, 0) is 41.1 Å². The van der Waals surface area contributed by atoms with E-state index < -0.39 is 0 Å². The number of thiophene rings is 1. The molecule has 1 aliphatic heterocycles. The van der Waals surface area contributed by atoms with Gasteiger partial charge in [0.25, 0.3) is 11.4 Å². The van der Waals surface area contributed by atoms with Crippen molar-refractivity contribution < 1.29 is 0 Å². The van der Waals surface area contributed by atoms with Gasteiger partial charge in [-0.25, -0.2) is 0 Å². The Labute approximate surface area is 222 Å². The van der Waals surface area contributed by atoms with Crippen molar-refractivity contribution in [1.82, 2.24) is 9.36 Å². The van der Waals surface area contributed by atoms with E-state index in [-0.39, 0.29) is 0 Å². The molecule has 0 unspecified atom stereocenters. The van der Waals surface area contributed by atoms with Gasteiger partial charge in [0.05, 0.1) is 4.70 Å². The second kappa shape index (κ2) is 7.41. The second-order valence-corrected chi connectivity index (χ2v) is 11.0. The van der Waals surface area contributed by atoms with Crippen molar-refractivity contribution in [3.63, 3.8) is 0 Å². The van der Waals surface area contributed by atoms with Crippen molar-refractivity contribution >= 4 is 75.5 Å². The lowest BCUT2D eigenvalue weighted by Gasteiger charge is -2.20. The topological polar surface area (TPSA) is 7.94 Å². The number of rotatable bonds is 2. The molecule has 0 N–H and O–H groups in total. The summed E-state index contributed by atoms with van der Waals surface area (Å²) < 4.78 is 7.59. The molecule has 0 saturated heterocycles. The molecule has 0 bridgehead atoms. The zero-order valence-corrected chi connectivity index (χ0v) is 21.2. The molecular weight excluding hydrogens is 480 g/mol. The van der Waals surface area contributed by atoms with E-state index in [0.29, 0.717) is 0 Å². The fourth-order valence-corrected chi connectivity index (χ4v) is 7.69. The summed E-state index contributed by atoms with van der Waals surface area (Å²) in [5.74, 6) is 0. The quantitative estimate of drug-likeness (QED) is 0.209. The third-order valence-electron chi connectivity index (χ3n) is 7.97. The molecule has 0 spiro atoms. The van der Waals surface area contributed by atoms with Gasteiger partial charge in [-0.15, -0.1) is 16.0 Å². The van der Waals surface area contributed by atoms with E-state index in [1.807, 2.05) is 11.3 Å². The van der Waals surface area contributed by atoms with Gasteiger partial charge < -0.3 is 0 Å². The molecule has 8 aromatic rings. The smallest absolute Gasteiger partial charge is 0.133 e. The highest BCUT2D eigenvalue weighted by Crippen LogP contribution is 2.47. The first-order valence-electron chi connectivity index (χ1n) is 13.0. The van der Waals surface area contributed by atoms with Crippen LogP contribution in [0.1, 0.15) is 11.1 Å². The van der Waals surface area contributed by atoms with Gasteiger partial charge in [0.2, 0.25) is 0 Å². The lowest BCUT2D eigenvalue weighted by atomic mass is 9.95. The van der Waals surface area contributed by atoms with Gasteiger partial charge in [0.15, 0.2) is 0 Å². The Hall–Kier alpha value is -4.73. The Morgan fingerprint density at radius 3 is 2.00 bits per heavy atom. The molecule has 3 heterocycles. The Kier molecular flexibility index (Phi) is 3.96. The lowest BCUT2D eigenvalue weighted by Crippen LogP contribution is -2.37. The van der Waals surface area contributed by atoms with E-state index in [1.54, 1.807) is 0 Å². The van der Waals surface area contributed by atoms with Crippen molar-refractivity contribution in [3.05, 3.63) is 139 Å². The largest absolute Gasteiger partial charge is 0.258 e. The van der Waals surface area contributed by atoms with Crippen LogP contribution in [-0.2, 0) is 0 Å². The molecule has 38 heavy (non-hydrogen) atoms. The SMILES string of the molecule is c1ccc(C2=[N+](n3c4ccccc4c4c5ccccc5c5c6ccccc6sc5c43)c3ccccc32)cc1. The molecule has 9 rings (SSSR count). The summed E-state index contributed by atoms with van der Waals surface area (Å²) in [7, 11) is 0. The summed E-state index contributed by atoms with van der Waals surface area (Å²) in [4.78, 5) is 0. The van der Waals surface area contributed by atoms with Crippen LogP contribution in [0.5, 0.6) is 0 Å². The molecule has 6 aromatic carbocycles. The molecule has 176 valence electrons. The van der Waals surface area contributed by atoms with Gasteiger partial charge in [-0.1, -0.05) is 95.7 Å². The molecule has 3 heteroatoms. The molecule has 0 saturated carbocycles. The average Bonchev–Trinajstić information content (AvgIpc) is 3.51. The molecule has 0 atom stereocenters. The number of hydrogen-bond acceptors (Lipinski definition) is 1. The first kappa shape index (κ1) is 20.3. The molecule has 2 nitrogen and oxygen atoms in total. The van der Waals surface area contributed by atoms with E-state index in [0.717, 1.165) is 0 Å². The Morgan fingerprint density at radius 2 is 1.16 bits per heavy atom. The number of benzene rings is 6. The molecule has 1 aliphatic rings. The van der Waals surface area contributed by atoms with Crippen LogP contribution >= 0.6 is 11.3 Å². The maximum Gasteiger partial charge on any atom is 0.258 e. The van der Waals surface area contributed by atoms with Gasteiger partial charge in [-0.2, -0.15) is 0 Å². The summed E-state index contributed by atoms with van der Waals surface area (Å²) in [6, 6.07) is 46.2. The third-order valence-corrected chi connectivity index (χ3v) is 9.15. The number of aromatic nitrogens is 1. The van der Waals surface area contributed by atoms with Gasteiger partial charge >= 0.3 is 0 Å². The first-order chi connectivity index (χ1) is 18.9. The average molecular weight is 502 g/mol. The Morgan fingerprint density at radius 1 is 0.526 bits per heavy atom. The summed E-state index contributed by atoms with van der Waals surface area (Å²) in [6.45, 7) is 0. The van der Waals surface area contributed by atoms with Gasteiger partial charge in [0, 0.05) is 37.9 Å². The van der Waals surface area contributed by atoms with Crippen molar-refractivity contribution in [3.8, 4) is 0 Å². The van der Waals surface area contributed by atoms with Crippen molar-refractivity contribution in [1.29, 1.82) is 0 Å². The normalized spacial score (nSPS) is 13.2. The number of hydrogen-bond donors (Lipinski definition) is 0. The van der Waals surface area contributed by atoms with Crippen LogP contribution in [-0.4, -0.2) is 10.4 Å². The summed E-state index contributed by atoms with van der Waals surface area (Å²) >= 11 is 1.91. The van der Waals surface area contributed by atoms with Crippen LogP contribution < -0.4 is 4.68 Å². The van der Waals surface area contributed by atoms with Gasteiger partial charge in [0.1, 0.15) is 16.6 Å². The number of para-hydroxylation sites is 2. The zero-order valence-electron chi connectivity index (χ0n) is 20.4. The minimum atomic E-state index is 1.22. The van der Waals surface area contributed by atoms with Crippen molar-refractivity contribution in [2.24, 2.45) is 0 Å². The Bertz CT molecular complexity index is 2280. The van der Waals surface area contributed by atoms with E-state index in [1.165, 1.54) is 75.3 Å². The molecule has 0 amide bonds. The highest BCUT2D eigenvalue weighted by atomic mass is 32.1. The van der Waals surface area contributed by atoms with Crippen LogP contribution in [0.25, 0.3) is 52.8 Å². The minimum Gasteiger partial charge on any atom is -0.133 e. The fraction of sp³-hybridized carbons (Fsp3) is 0. The van der Waals surface area contributed by atoms with E-state index >= 15 is 0 Å². The van der Waals surface area contributed by atoms with Crippen LogP contribution in [0.2, 0.25) is 0 Å². The predicted molar refractivity (Wildman–Crippen MR) is 163 cm³/mol. The van der Waals surface area contributed by atoms with Crippen LogP contribution in [0.4, 0.5) is 5.69 Å². The lowest BCUT2D eigenvalue weighted by molar-refractivity contribution is 0.685. The second-order valence-electron chi connectivity index (χ2n) is 9.94. The molecular formula is C35H21N2S+. The molecule has 0 radical (unpaired) electrons. The minimum absolute atomic E-state index is 1.22. The van der Waals surface area contributed by atoms with E-state index in [4.69, 9.17) is 0 Å². The molecule has 0 fully saturated rings. The maximum atomic E-state index is 2.49. The molecule has 2 aromatic heterocycles. The van der Waals surface area contributed by atoms with Crippen LogP contribution in [0, 0.1) is 0 Å². The van der Waals surface area contributed by atoms with Gasteiger partial charge in [-0.3, -0.25) is 0 Å². The summed E-state index contributed by atoms with van der Waals surface area (Å²) in [6.07, 6.45) is 0. The van der Waals surface area contributed by atoms with Crippen LogP contribution in [0.15, 0.2) is 127 Å². The van der Waals surface area contributed by atoms with Crippen LogP contribution in [0.3, 0.4) is 0 Å². The molecule has 0 aliphatic carbocycles. The van der Waals surface area contributed by atoms with Crippen molar-refractivity contribution in [2.75, 3.05) is 0 Å². The first-order valence-corrected chi connectivity index (χ1v) is 13.8. The predicted octanol–water partition coefficient (Wildman–Crippen LogP) is 9.13. The zero-order chi connectivity index (χ0) is 24.8. The maximum absolute atomic E-state index is 2.49. The number of fused-ring (bicyclic) bond motifs is 11. The van der Waals surface area contributed by atoms with Crippen molar-refractivity contribution in [2.45, 2.75) is 0 Å². The highest BCUT2D eigenvalue weighted by molar-refractivity contribution is 7.27.